The van der Waals surface area contributed by atoms with Crippen LogP contribution >= 0.6 is 0 Å². The van der Waals surface area contributed by atoms with Crippen molar-refractivity contribution in [3.8, 4) is 11.8 Å². The molecular formula is C22H40O2. The van der Waals surface area contributed by atoms with Crippen molar-refractivity contribution in [2.24, 2.45) is 11.3 Å². The predicted molar refractivity (Wildman–Crippen MR) is 103 cm³/mol. The Morgan fingerprint density at radius 1 is 1.00 bits per heavy atom. The predicted octanol–water partition coefficient (Wildman–Crippen LogP) is 5.46. The molecule has 0 heterocycles. The Kier molecular flexibility index (Phi) is 9.39. The fourth-order valence-corrected chi connectivity index (χ4v) is 3.67. The first-order valence-corrected chi connectivity index (χ1v) is 10.2. The van der Waals surface area contributed by atoms with E-state index in [-0.39, 0.29) is 0 Å². The summed E-state index contributed by atoms with van der Waals surface area (Å²) in [4.78, 5) is 0. The second kappa shape index (κ2) is 10.5. The van der Waals surface area contributed by atoms with Gasteiger partial charge in [0.05, 0.1) is 0 Å². The minimum atomic E-state index is -0.872. The highest BCUT2D eigenvalue weighted by atomic mass is 16.3. The van der Waals surface area contributed by atoms with Crippen LogP contribution in [0.1, 0.15) is 105 Å². The van der Waals surface area contributed by atoms with E-state index in [1.54, 1.807) is 0 Å². The zero-order chi connectivity index (χ0) is 18.1. The van der Waals surface area contributed by atoms with Crippen molar-refractivity contribution < 1.29 is 10.2 Å². The third kappa shape index (κ3) is 8.54. The van der Waals surface area contributed by atoms with Crippen LogP contribution in [0.3, 0.4) is 0 Å². The molecule has 1 fully saturated rings. The first-order chi connectivity index (χ1) is 11.3. The Labute approximate surface area is 150 Å². The topological polar surface area (TPSA) is 40.5 Å². The molecule has 0 bridgehead atoms. The molecule has 24 heavy (non-hydrogen) atoms. The van der Waals surface area contributed by atoms with E-state index >= 15 is 0 Å². The molecule has 0 spiro atoms. The van der Waals surface area contributed by atoms with Crippen LogP contribution in [-0.2, 0) is 0 Å². The van der Waals surface area contributed by atoms with Gasteiger partial charge in [-0.1, -0.05) is 78.1 Å². The lowest BCUT2D eigenvalue weighted by atomic mass is 9.68. The van der Waals surface area contributed by atoms with Crippen molar-refractivity contribution in [2.75, 3.05) is 0 Å². The molecular weight excluding hydrogens is 296 g/mol. The lowest BCUT2D eigenvalue weighted by Gasteiger charge is -2.39. The van der Waals surface area contributed by atoms with Crippen molar-refractivity contribution in [3.63, 3.8) is 0 Å². The zero-order valence-electron chi connectivity index (χ0n) is 16.5. The average Bonchev–Trinajstić information content (AvgIpc) is 2.52. The standard InChI is InChI=1S/C22H40O2/c1-5-6-7-8-9-10-11-12-20(23)15-18-22(24)16-13-19(14-17-22)21(2,3)4/h19-20,23-24H,5-14,16-17H2,1-4H3. The summed E-state index contributed by atoms with van der Waals surface area (Å²) in [6, 6.07) is 0. The summed E-state index contributed by atoms with van der Waals surface area (Å²) in [6.07, 6.45) is 12.4. The normalized spacial score (nSPS) is 25.8. The molecule has 2 nitrogen and oxygen atoms in total. The van der Waals surface area contributed by atoms with Gasteiger partial charge in [-0.25, -0.2) is 0 Å². The number of hydrogen-bond donors (Lipinski definition) is 2. The minimum absolute atomic E-state index is 0.311. The molecule has 2 heteroatoms. The molecule has 0 aliphatic heterocycles. The average molecular weight is 337 g/mol. The van der Waals surface area contributed by atoms with Crippen molar-refractivity contribution in [1.82, 2.24) is 0 Å². The van der Waals surface area contributed by atoms with E-state index < -0.39 is 11.7 Å². The van der Waals surface area contributed by atoms with Gasteiger partial charge in [-0.15, -0.1) is 0 Å². The Morgan fingerprint density at radius 2 is 1.54 bits per heavy atom. The second-order valence-corrected chi connectivity index (χ2v) is 8.87. The number of hydrogen-bond acceptors (Lipinski definition) is 2. The van der Waals surface area contributed by atoms with Gasteiger partial charge < -0.3 is 10.2 Å². The molecule has 0 aromatic carbocycles. The van der Waals surface area contributed by atoms with Crippen LogP contribution in [0.25, 0.3) is 0 Å². The fraction of sp³-hybridized carbons (Fsp3) is 0.909. The van der Waals surface area contributed by atoms with E-state index in [0.29, 0.717) is 11.3 Å². The summed E-state index contributed by atoms with van der Waals surface area (Å²) in [6.45, 7) is 9.07. The highest BCUT2D eigenvalue weighted by molar-refractivity contribution is 5.17. The Morgan fingerprint density at radius 3 is 2.08 bits per heavy atom. The van der Waals surface area contributed by atoms with Gasteiger partial charge in [-0.05, 0) is 49.9 Å². The van der Waals surface area contributed by atoms with E-state index in [1.807, 2.05) is 0 Å². The monoisotopic (exact) mass is 336 g/mol. The molecule has 2 N–H and O–H groups in total. The van der Waals surface area contributed by atoms with Gasteiger partial charge in [-0.3, -0.25) is 0 Å². The van der Waals surface area contributed by atoms with Crippen LogP contribution in [0.2, 0.25) is 0 Å². The lowest BCUT2D eigenvalue weighted by Crippen LogP contribution is -2.36. The quantitative estimate of drug-likeness (QED) is 0.456. The van der Waals surface area contributed by atoms with Crippen LogP contribution in [-0.4, -0.2) is 21.9 Å². The smallest absolute Gasteiger partial charge is 0.125 e. The molecule has 1 unspecified atom stereocenters. The molecule has 1 saturated carbocycles. The highest BCUT2D eigenvalue weighted by Gasteiger charge is 2.36. The van der Waals surface area contributed by atoms with Gasteiger partial charge in [0.15, 0.2) is 0 Å². The van der Waals surface area contributed by atoms with Gasteiger partial charge in [0.25, 0.3) is 0 Å². The summed E-state index contributed by atoms with van der Waals surface area (Å²) >= 11 is 0. The Balaban J connectivity index is 2.24. The van der Waals surface area contributed by atoms with Crippen molar-refractivity contribution >= 4 is 0 Å². The van der Waals surface area contributed by atoms with Crippen LogP contribution in [0.15, 0.2) is 0 Å². The number of rotatable bonds is 8. The Hall–Kier alpha value is -0.520. The molecule has 0 saturated heterocycles. The number of unbranched alkanes of at least 4 members (excludes halogenated alkanes) is 6. The maximum atomic E-state index is 10.6. The summed E-state index contributed by atoms with van der Waals surface area (Å²) in [5.74, 6) is 6.57. The molecule has 1 aliphatic carbocycles. The first-order valence-electron chi connectivity index (χ1n) is 10.2. The number of aliphatic hydroxyl groups excluding tert-OH is 1. The van der Waals surface area contributed by atoms with E-state index in [2.05, 4.69) is 39.5 Å². The summed E-state index contributed by atoms with van der Waals surface area (Å²) in [5.41, 5.74) is -0.561. The molecule has 0 amide bonds. The SMILES string of the molecule is CCCCCCCCCC(O)C#CC1(O)CCC(C(C)(C)C)CC1. The molecule has 1 rings (SSSR count). The molecule has 0 aromatic heterocycles. The molecule has 0 radical (unpaired) electrons. The third-order valence-corrected chi connectivity index (χ3v) is 5.59. The van der Waals surface area contributed by atoms with Crippen molar-refractivity contribution in [3.05, 3.63) is 0 Å². The number of aliphatic hydroxyl groups is 2. The van der Waals surface area contributed by atoms with Gasteiger partial charge >= 0.3 is 0 Å². The van der Waals surface area contributed by atoms with Crippen molar-refractivity contribution in [1.29, 1.82) is 0 Å². The van der Waals surface area contributed by atoms with Gasteiger partial charge in [0, 0.05) is 0 Å². The summed E-state index contributed by atoms with van der Waals surface area (Å²) in [7, 11) is 0. The molecule has 1 aliphatic rings. The molecule has 0 aromatic rings. The van der Waals surface area contributed by atoms with E-state index in [4.69, 9.17) is 0 Å². The van der Waals surface area contributed by atoms with Gasteiger partial charge in [-0.2, -0.15) is 0 Å². The van der Waals surface area contributed by atoms with Crippen molar-refractivity contribution in [2.45, 2.75) is 116 Å². The molecule has 1 atom stereocenters. The maximum Gasteiger partial charge on any atom is 0.125 e. The van der Waals surface area contributed by atoms with Crippen LogP contribution in [0.4, 0.5) is 0 Å². The van der Waals surface area contributed by atoms with Crippen LogP contribution < -0.4 is 0 Å². The Bertz CT molecular complexity index is 388. The van der Waals surface area contributed by atoms with Crippen LogP contribution in [0, 0.1) is 23.2 Å². The second-order valence-electron chi connectivity index (χ2n) is 8.87. The maximum absolute atomic E-state index is 10.6. The minimum Gasteiger partial charge on any atom is -0.380 e. The zero-order valence-corrected chi connectivity index (χ0v) is 16.5. The molecule has 140 valence electrons. The summed E-state index contributed by atoms with van der Waals surface area (Å²) < 4.78 is 0. The largest absolute Gasteiger partial charge is 0.380 e. The van der Waals surface area contributed by atoms with Crippen LogP contribution in [0.5, 0.6) is 0 Å². The fourth-order valence-electron chi connectivity index (χ4n) is 3.67. The third-order valence-electron chi connectivity index (χ3n) is 5.59. The highest BCUT2D eigenvalue weighted by Crippen LogP contribution is 2.41. The van der Waals surface area contributed by atoms with E-state index in [1.165, 1.54) is 38.5 Å². The van der Waals surface area contributed by atoms with E-state index in [0.717, 1.165) is 38.5 Å². The summed E-state index contributed by atoms with van der Waals surface area (Å²) in [5, 5.41) is 20.6. The van der Waals surface area contributed by atoms with E-state index in [9.17, 15) is 10.2 Å². The van der Waals surface area contributed by atoms with Gasteiger partial charge in [0.2, 0.25) is 0 Å². The van der Waals surface area contributed by atoms with Gasteiger partial charge in [0.1, 0.15) is 11.7 Å². The lowest BCUT2D eigenvalue weighted by molar-refractivity contribution is 0.0209. The first kappa shape index (κ1) is 21.5.